The molecule has 1 aromatic carbocycles. The van der Waals surface area contributed by atoms with Gasteiger partial charge >= 0.3 is 0 Å². The molecule has 0 atom stereocenters. The van der Waals surface area contributed by atoms with E-state index in [4.69, 9.17) is 10.5 Å². The number of ether oxygens (including phenoxy) is 1. The Balaban J connectivity index is 2.09. The number of rotatable bonds is 2. The predicted molar refractivity (Wildman–Crippen MR) is 73.0 cm³/mol. The summed E-state index contributed by atoms with van der Waals surface area (Å²) in [7, 11) is 0. The topological polar surface area (TPSA) is 73.9 Å². The minimum atomic E-state index is 0.502. The van der Waals surface area contributed by atoms with Crippen LogP contribution >= 0.6 is 0 Å². The first-order chi connectivity index (χ1) is 9.24. The number of nitrogens with zero attached hydrogens (tertiary/aromatic N) is 3. The van der Waals surface area contributed by atoms with Crippen LogP contribution in [0, 0.1) is 6.92 Å². The zero-order chi connectivity index (χ0) is 13.2. The second-order valence-corrected chi connectivity index (χ2v) is 4.15. The number of hydrogen-bond donors (Lipinski definition) is 1. The summed E-state index contributed by atoms with van der Waals surface area (Å²) < 4.78 is 5.78. The van der Waals surface area contributed by atoms with E-state index in [1.165, 1.54) is 6.33 Å². The summed E-state index contributed by atoms with van der Waals surface area (Å²) in [5.74, 6) is 1.18. The SMILES string of the molecule is Cc1cc(Oc2ccc(N)c3ncccc23)ncn1. The molecule has 2 N–H and O–H groups in total. The maximum atomic E-state index is 5.90. The maximum Gasteiger partial charge on any atom is 0.222 e. The highest BCUT2D eigenvalue weighted by Crippen LogP contribution is 2.31. The van der Waals surface area contributed by atoms with Crippen LogP contribution in [-0.2, 0) is 0 Å². The molecule has 0 aliphatic carbocycles. The molecule has 0 saturated heterocycles. The summed E-state index contributed by atoms with van der Waals surface area (Å²) in [4.78, 5) is 12.4. The van der Waals surface area contributed by atoms with Gasteiger partial charge in [-0.3, -0.25) is 4.98 Å². The molecule has 5 heteroatoms. The molecule has 2 heterocycles. The number of nitrogen functional groups attached to an aromatic ring is 1. The fraction of sp³-hybridized carbons (Fsp3) is 0.0714. The first kappa shape index (κ1) is 11.4. The van der Waals surface area contributed by atoms with E-state index < -0.39 is 0 Å². The van der Waals surface area contributed by atoms with Gasteiger partial charge in [-0.15, -0.1) is 0 Å². The number of pyridine rings is 1. The van der Waals surface area contributed by atoms with Gasteiger partial charge in [0.2, 0.25) is 5.88 Å². The summed E-state index contributed by atoms with van der Waals surface area (Å²) >= 11 is 0. The fourth-order valence-electron chi connectivity index (χ4n) is 1.86. The van der Waals surface area contributed by atoms with Crippen molar-refractivity contribution in [3.63, 3.8) is 0 Å². The summed E-state index contributed by atoms with van der Waals surface area (Å²) in [5.41, 5.74) is 8.10. The molecule has 0 bridgehead atoms. The van der Waals surface area contributed by atoms with Crippen molar-refractivity contribution < 1.29 is 4.74 Å². The Labute approximate surface area is 110 Å². The molecule has 0 aliphatic heterocycles. The van der Waals surface area contributed by atoms with Gasteiger partial charge in [0.05, 0.1) is 11.2 Å². The van der Waals surface area contributed by atoms with Crippen LogP contribution in [0.4, 0.5) is 5.69 Å². The Morgan fingerprint density at radius 3 is 2.84 bits per heavy atom. The van der Waals surface area contributed by atoms with E-state index in [9.17, 15) is 0 Å². The summed E-state index contributed by atoms with van der Waals surface area (Å²) in [6, 6.07) is 9.13. The van der Waals surface area contributed by atoms with Gasteiger partial charge in [-0.2, -0.15) is 0 Å². The van der Waals surface area contributed by atoms with Gasteiger partial charge in [-0.1, -0.05) is 0 Å². The summed E-state index contributed by atoms with van der Waals surface area (Å²) in [6.45, 7) is 1.89. The predicted octanol–water partition coefficient (Wildman–Crippen LogP) is 2.71. The van der Waals surface area contributed by atoms with E-state index in [0.717, 1.165) is 16.6 Å². The molecule has 0 spiro atoms. The third-order valence-electron chi connectivity index (χ3n) is 2.75. The molecule has 0 fully saturated rings. The molecule has 5 nitrogen and oxygen atoms in total. The second-order valence-electron chi connectivity index (χ2n) is 4.15. The van der Waals surface area contributed by atoms with E-state index in [1.807, 2.05) is 25.1 Å². The van der Waals surface area contributed by atoms with Crippen LogP contribution in [0.3, 0.4) is 0 Å². The van der Waals surface area contributed by atoms with Gasteiger partial charge in [0, 0.05) is 23.3 Å². The van der Waals surface area contributed by atoms with Crippen LogP contribution in [0.15, 0.2) is 42.9 Å². The highest BCUT2D eigenvalue weighted by molar-refractivity contribution is 5.93. The van der Waals surface area contributed by atoms with Gasteiger partial charge in [0.1, 0.15) is 12.1 Å². The zero-order valence-electron chi connectivity index (χ0n) is 10.4. The Morgan fingerprint density at radius 1 is 1.11 bits per heavy atom. The summed E-state index contributed by atoms with van der Waals surface area (Å²) in [6.07, 6.45) is 3.18. The molecule has 3 aromatic rings. The minimum absolute atomic E-state index is 0.502. The van der Waals surface area contributed by atoms with E-state index in [1.54, 1.807) is 18.3 Å². The van der Waals surface area contributed by atoms with Crippen LogP contribution in [0.1, 0.15) is 5.69 Å². The average molecular weight is 252 g/mol. The molecule has 19 heavy (non-hydrogen) atoms. The number of benzene rings is 1. The van der Waals surface area contributed by atoms with Gasteiger partial charge in [-0.25, -0.2) is 9.97 Å². The first-order valence-electron chi connectivity index (χ1n) is 5.84. The van der Waals surface area contributed by atoms with E-state index in [0.29, 0.717) is 17.3 Å². The number of hydrogen-bond acceptors (Lipinski definition) is 5. The van der Waals surface area contributed by atoms with Crippen LogP contribution in [0.25, 0.3) is 10.9 Å². The molecular weight excluding hydrogens is 240 g/mol. The molecule has 0 aliphatic rings. The zero-order valence-corrected chi connectivity index (χ0v) is 10.4. The monoisotopic (exact) mass is 252 g/mol. The Morgan fingerprint density at radius 2 is 2.00 bits per heavy atom. The lowest BCUT2D eigenvalue weighted by Crippen LogP contribution is -1.94. The average Bonchev–Trinajstić information content (AvgIpc) is 2.42. The van der Waals surface area contributed by atoms with E-state index in [-0.39, 0.29) is 0 Å². The Kier molecular flexibility index (Phi) is 2.72. The van der Waals surface area contributed by atoms with Crippen LogP contribution < -0.4 is 10.5 Å². The highest BCUT2D eigenvalue weighted by Gasteiger charge is 2.07. The molecular formula is C14H12N4O. The standard InChI is InChI=1S/C14H12N4O/c1-9-7-13(18-8-17-9)19-12-5-4-11(15)14-10(12)3-2-6-16-14/h2-8H,15H2,1H3. The van der Waals surface area contributed by atoms with Gasteiger partial charge < -0.3 is 10.5 Å². The molecule has 0 radical (unpaired) electrons. The third-order valence-corrected chi connectivity index (χ3v) is 2.75. The molecule has 0 amide bonds. The van der Waals surface area contributed by atoms with Gasteiger partial charge in [0.25, 0.3) is 0 Å². The Hall–Kier alpha value is -2.69. The van der Waals surface area contributed by atoms with E-state index in [2.05, 4.69) is 15.0 Å². The molecule has 2 aromatic heterocycles. The number of fused-ring (bicyclic) bond motifs is 1. The normalized spacial score (nSPS) is 10.6. The minimum Gasteiger partial charge on any atom is -0.438 e. The van der Waals surface area contributed by atoms with Crippen molar-refractivity contribution in [2.45, 2.75) is 6.92 Å². The van der Waals surface area contributed by atoms with E-state index >= 15 is 0 Å². The lowest BCUT2D eigenvalue weighted by Gasteiger charge is -2.09. The lowest BCUT2D eigenvalue weighted by molar-refractivity contribution is 0.466. The van der Waals surface area contributed by atoms with Crippen molar-refractivity contribution in [1.29, 1.82) is 0 Å². The van der Waals surface area contributed by atoms with Crippen molar-refractivity contribution in [3.05, 3.63) is 48.5 Å². The van der Waals surface area contributed by atoms with Crippen LogP contribution in [-0.4, -0.2) is 15.0 Å². The summed E-state index contributed by atoms with van der Waals surface area (Å²) in [5, 5.41) is 0.860. The molecule has 3 rings (SSSR count). The van der Waals surface area contributed by atoms with Crippen molar-refractivity contribution in [2.75, 3.05) is 5.73 Å². The Bertz CT molecular complexity index is 742. The largest absolute Gasteiger partial charge is 0.438 e. The number of nitrogens with two attached hydrogens (primary N) is 1. The smallest absolute Gasteiger partial charge is 0.222 e. The lowest BCUT2D eigenvalue weighted by atomic mass is 10.2. The van der Waals surface area contributed by atoms with Crippen molar-refractivity contribution in [2.24, 2.45) is 0 Å². The number of aromatic nitrogens is 3. The fourth-order valence-corrected chi connectivity index (χ4v) is 1.86. The molecule has 0 saturated carbocycles. The van der Waals surface area contributed by atoms with Crippen molar-refractivity contribution in [1.82, 2.24) is 15.0 Å². The maximum absolute atomic E-state index is 5.90. The van der Waals surface area contributed by atoms with Crippen molar-refractivity contribution >= 4 is 16.6 Å². The quantitative estimate of drug-likeness (QED) is 0.710. The van der Waals surface area contributed by atoms with Crippen LogP contribution in [0.2, 0.25) is 0 Å². The first-order valence-corrected chi connectivity index (χ1v) is 5.84. The second kappa shape index (κ2) is 4.53. The molecule has 0 unspecified atom stereocenters. The van der Waals surface area contributed by atoms with Crippen LogP contribution in [0.5, 0.6) is 11.6 Å². The van der Waals surface area contributed by atoms with Crippen molar-refractivity contribution in [3.8, 4) is 11.6 Å². The number of anilines is 1. The van der Waals surface area contributed by atoms with Gasteiger partial charge in [-0.05, 0) is 31.2 Å². The van der Waals surface area contributed by atoms with Gasteiger partial charge in [0.15, 0.2) is 0 Å². The molecule has 94 valence electrons. The third kappa shape index (κ3) is 2.18. The highest BCUT2D eigenvalue weighted by atomic mass is 16.5. The number of aryl methyl sites for hydroxylation is 1.